The van der Waals surface area contributed by atoms with Gasteiger partial charge in [-0.1, -0.05) is 0 Å². The van der Waals surface area contributed by atoms with Crippen molar-refractivity contribution in [2.45, 2.75) is 45.3 Å². The number of aromatic nitrogens is 5. The largest absolute Gasteiger partial charge is 0.497 e. The van der Waals surface area contributed by atoms with Crippen molar-refractivity contribution in [3.8, 4) is 11.6 Å². The molecule has 0 aliphatic carbocycles. The van der Waals surface area contributed by atoms with Crippen LogP contribution in [0.4, 0.5) is 14.6 Å². The Morgan fingerprint density at radius 3 is 2.50 bits per heavy atom. The minimum atomic E-state index is -2.80. The molecule has 0 radical (unpaired) electrons. The molecule has 40 heavy (non-hydrogen) atoms. The van der Waals surface area contributed by atoms with Gasteiger partial charge in [-0.05, 0) is 57.8 Å². The van der Waals surface area contributed by atoms with E-state index in [-0.39, 0.29) is 11.7 Å². The number of halogens is 2. The summed E-state index contributed by atoms with van der Waals surface area (Å²) in [6.07, 6.45) is -0.948. The standard InChI is InChI=1S/C28H35F2N7O3/c1-28(2,38)18-6-8-34(9-7-18)17-19-14-24-32-23(16-25(37(24)33-19)35-10-12-40-13-11-35)36-22-5-4-20(39-3)15-21(22)31-27(36)26(29)30/h4-5,14-16,18,26,38H,6-13,17H2,1-3H3. The molecule has 0 atom stereocenters. The van der Waals surface area contributed by atoms with Crippen molar-refractivity contribution >= 4 is 22.5 Å². The Labute approximate surface area is 231 Å². The molecule has 0 amide bonds. The van der Waals surface area contributed by atoms with Crippen molar-refractivity contribution in [3.05, 3.63) is 41.9 Å². The third-order valence-corrected chi connectivity index (χ3v) is 8.06. The van der Waals surface area contributed by atoms with Crippen molar-refractivity contribution in [2.24, 2.45) is 5.92 Å². The molecule has 4 aromatic rings. The van der Waals surface area contributed by atoms with Crippen molar-refractivity contribution in [1.29, 1.82) is 0 Å². The average molecular weight is 556 g/mol. The lowest BCUT2D eigenvalue weighted by atomic mass is 9.83. The van der Waals surface area contributed by atoms with Gasteiger partial charge in [-0.15, -0.1) is 0 Å². The van der Waals surface area contributed by atoms with Crippen LogP contribution in [0.15, 0.2) is 30.3 Å². The topological polar surface area (TPSA) is 93.2 Å². The first-order valence-corrected chi connectivity index (χ1v) is 13.7. The number of morpholine rings is 1. The quantitative estimate of drug-likeness (QED) is 0.368. The third kappa shape index (κ3) is 5.11. The molecule has 3 aromatic heterocycles. The van der Waals surface area contributed by atoms with E-state index >= 15 is 0 Å². The molecule has 214 valence electrons. The highest BCUT2D eigenvalue weighted by Crippen LogP contribution is 2.32. The van der Waals surface area contributed by atoms with E-state index < -0.39 is 12.0 Å². The summed E-state index contributed by atoms with van der Waals surface area (Å²) in [6, 6.07) is 8.85. The van der Waals surface area contributed by atoms with Gasteiger partial charge in [0.25, 0.3) is 6.43 Å². The lowest BCUT2D eigenvalue weighted by Gasteiger charge is -2.37. The number of likely N-dealkylation sites (tertiary alicyclic amines) is 1. The number of aliphatic hydroxyl groups is 1. The molecule has 0 saturated carbocycles. The van der Waals surface area contributed by atoms with E-state index in [4.69, 9.17) is 19.6 Å². The summed E-state index contributed by atoms with van der Waals surface area (Å²) in [5.74, 6) is 1.57. The maximum absolute atomic E-state index is 14.3. The molecule has 0 bridgehead atoms. The minimum Gasteiger partial charge on any atom is -0.497 e. The van der Waals surface area contributed by atoms with Crippen molar-refractivity contribution in [3.63, 3.8) is 0 Å². The number of fused-ring (bicyclic) bond motifs is 2. The maximum Gasteiger partial charge on any atom is 0.296 e. The molecule has 0 unspecified atom stereocenters. The molecule has 2 fully saturated rings. The number of ether oxygens (including phenoxy) is 2. The fourth-order valence-corrected chi connectivity index (χ4v) is 5.82. The van der Waals surface area contributed by atoms with Gasteiger partial charge in [-0.2, -0.15) is 9.61 Å². The average Bonchev–Trinajstić information content (AvgIpc) is 3.53. The van der Waals surface area contributed by atoms with Crippen LogP contribution < -0.4 is 9.64 Å². The smallest absolute Gasteiger partial charge is 0.296 e. The SMILES string of the molecule is COc1ccc2c(c1)nc(C(F)F)n2-c1cc(N2CCOCC2)n2nc(CN3CCC(C(C)(C)O)CC3)cc2n1. The first-order valence-electron chi connectivity index (χ1n) is 13.7. The number of anilines is 1. The van der Waals surface area contributed by atoms with Gasteiger partial charge in [0.1, 0.15) is 17.4 Å². The van der Waals surface area contributed by atoms with Crippen LogP contribution in [0.5, 0.6) is 5.75 Å². The summed E-state index contributed by atoms with van der Waals surface area (Å²) in [5.41, 5.74) is 1.69. The predicted molar refractivity (Wildman–Crippen MR) is 146 cm³/mol. The monoisotopic (exact) mass is 555 g/mol. The van der Waals surface area contributed by atoms with Crippen molar-refractivity contribution in [1.82, 2.24) is 29.0 Å². The summed E-state index contributed by atoms with van der Waals surface area (Å²) in [7, 11) is 1.53. The predicted octanol–water partition coefficient (Wildman–Crippen LogP) is 3.83. The van der Waals surface area contributed by atoms with Crippen LogP contribution >= 0.6 is 0 Å². The van der Waals surface area contributed by atoms with Gasteiger partial charge in [0.15, 0.2) is 11.5 Å². The summed E-state index contributed by atoms with van der Waals surface area (Å²) < 4.78 is 42.6. The van der Waals surface area contributed by atoms with Crippen LogP contribution in [0.1, 0.15) is 44.6 Å². The van der Waals surface area contributed by atoms with Gasteiger partial charge < -0.3 is 19.5 Å². The van der Waals surface area contributed by atoms with Crippen molar-refractivity contribution < 1.29 is 23.4 Å². The molecule has 0 spiro atoms. The Kier molecular flexibility index (Phi) is 7.09. The third-order valence-electron chi connectivity index (χ3n) is 8.06. The second-order valence-electron chi connectivity index (χ2n) is 11.1. The van der Waals surface area contributed by atoms with Crippen molar-refractivity contribution in [2.75, 3.05) is 51.4 Å². The van der Waals surface area contributed by atoms with E-state index in [1.807, 2.05) is 19.9 Å². The number of nitrogens with zero attached hydrogens (tertiary/aromatic N) is 7. The summed E-state index contributed by atoms with van der Waals surface area (Å²) in [4.78, 5) is 13.5. The minimum absolute atomic E-state index is 0.274. The Balaban J connectivity index is 1.40. The maximum atomic E-state index is 14.3. The fraction of sp³-hybridized carbons (Fsp3) is 0.536. The van der Waals surface area contributed by atoms with E-state index in [9.17, 15) is 13.9 Å². The van der Waals surface area contributed by atoms with E-state index in [1.165, 1.54) is 11.7 Å². The lowest BCUT2D eigenvalue weighted by Crippen LogP contribution is -2.41. The van der Waals surface area contributed by atoms with Gasteiger partial charge in [0, 0.05) is 37.8 Å². The van der Waals surface area contributed by atoms with E-state index in [0.29, 0.717) is 61.1 Å². The van der Waals surface area contributed by atoms with Gasteiger partial charge in [-0.25, -0.2) is 18.7 Å². The van der Waals surface area contributed by atoms with Crippen LogP contribution in [0.3, 0.4) is 0 Å². The molecular formula is C28H35F2N7O3. The molecular weight excluding hydrogens is 520 g/mol. The number of hydrogen-bond acceptors (Lipinski definition) is 8. The number of piperidine rings is 1. The molecule has 6 rings (SSSR count). The molecule has 1 aromatic carbocycles. The van der Waals surface area contributed by atoms with Crippen LogP contribution in [-0.2, 0) is 11.3 Å². The first-order chi connectivity index (χ1) is 19.2. The zero-order chi connectivity index (χ0) is 28.0. The Hall–Kier alpha value is -3.35. The highest BCUT2D eigenvalue weighted by atomic mass is 19.3. The Morgan fingerprint density at radius 1 is 1.07 bits per heavy atom. The fourth-order valence-electron chi connectivity index (χ4n) is 5.82. The summed E-state index contributed by atoms with van der Waals surface area (Å²) >= 11 is 0. The van der Waals surface area contributed by atoms with E-state index in [0.717, 1.165) is 37.4 Å². The highest BCUT2D eigenvalue weighted by molar-refractivity contribution is 5.80. The molecule has 12 heteroatoms. The zero-order valence-electron chi connectivity index (χ0n) is 23.1. The van der Waals surface area contributed by atoms with Crippen LogP contribution in [0, 0.1) is 5.92 Å². The molecule has 5 heterocycles. The van der Waals surface area contributed by atoms with Crippen LogP contribution in [-0.4, -0.2) is 86.3 Å². The lowest BCUT2D eigenvalue weighted by molar-refractivity contribution is -0.0137. The Morgan fingerprint density at radius 2 is 1.82 bits per heavy atom. The first kappa shape index (κ1) is 26.9. The number of methoxy groups -OCH3 is 1. The van der Waals surface area contributed by atoms with E-state index in [2.05, 4.69) is 14.8 Å². The molecule has 2 aliphatic rings. The number of rotatable bonds is 7. The van der Waals surface area contributed by atoms with Gasteiger partial charge in [0.05, 0.1) is 42.7 Å². The Bertz CT molecular complexity index is 1500. The summed E-state index contributed by atoms with van der Waals surface area (Å²) in [5, 5.41) is 15.3. The van der Waals surface area contributed by atoms with E-state index in [1.54, 1.807) is 28.8 Å². The number of benzene rings is 1. The summed E-state index contributed by atoms with van der Waals surface area (Å²) in [6.45, 7) is 8.61. The number of alkyl halides is 2. The zero-order valence-corrected chi connectivity index (χ0v) is 23.1. The second kappa shape index (κ2) is 10.6. The highest BCUT2D eigenvalue weighted by Gasteiger charge is 2.31. The van der Waals surface area contributed by atoms with Gasteiger partial charge in [0.2, 0.25) is 0 Å². The van der Waals surface area contributed by atoms with Crippen LogP contribution in [0.2, 0.25) is 0 Å². The van der Waals surface area contributed by atoms with Gasteiger partial charge >= 0.3 is 0 Å². The normalized spacial score (nSPS) is 17.9. The van der Waals surface area contributed by atoms with Crippen LogP contribution in [0.25, 0.3) is 22.5 Å². The molecule has 2 aliphatic heterocycles. The van der Waals surface area contributed by atoms with Gasteiger partial charge in [-0.3, -0.25) is 9.47 Å². The number of imidazole rings is 1. The molecule has 10 nitrogen and oxygen atoms in total. The molecule has 2 saturated heterocycles. The second-order valence-corrected chi connectivity index (χ2v) is 11.1. The number of hydrogen-bond donors (Lipinski definition) is 1. The molecule has 1 N–H and O–H groups in total.